The molecule has 3 aromatic rings. The Bertz CT molecular complexity index is 1020. The molecule has 1 heterocycles. The number of hydrogen-bond acceptors (Lipinski definition) is 4. The van der Waals surface area contributed by atoms with Crippen molar-refractivity contribution in [3.63, 3.8) is 0 Å². The van der Waals surface area contributed by atoms with Gasteiger partial charge in [-0.2, -0.15) is 0 Å². The fraction of sp³-hybridized carbons (Fsp3) is 0.400. The van der Waals surface area contributed by atoms with Crippen LogP contribution in [0.2, 0.25) is 0 Å². The second kappa shape index (κ2) is 14.5. The zero-order valence-electron chi connectivity index (χ0n) is 21.7. The standard InChI is InChI=1S/C30H38N2O2.2ClH/c1-23-22-28(24(2)25(3)30(23)33)34-21-11-10-16-31-17-19-32(20-18-31)29(26-12-6-4-7-13-26)27-14-8-5-9-15-27;;/h4-9,12-15,22,29,33H,10-11,16-21H2,1-3H3;2*1H. The number of nitrogens with zero attached hydrogens (tertiary/aromatic N) is 2. The Morgan fingerprint density at radius 1 is 0.778 bits per heavy atom. The lowest BCUT2D eigenvalue weighted by atomic mass is 9.96. The molecule has 1 N–H and O–H groups in total. The number of phenolic OH excluding ortho intramolecular Hbond substituents is 1. The first kappa shape index (κ1) is 30.0. The number of rotatable bonds is 9. The van der Waals surface area contributed by atoms with Crippen molar-refractivity contribution in [2.45, 2.75) is 39.7 Å². The highest BCUT2D eigenvalue weighted by Gasteiger charge is 2.26. The van der Waals surface area contributed by atoms with Gasteiger partial charge in [0.1, 0.15) is 11.5 Å². The quantitative estimate of drug-likeness (QED) is 0.311. The van der Waals surface area contributed by atoms with E-state index >= 15 is 0 Å². The summed E-state index contributed by atoms with van der Waals surface area (Å²) in [5, 5.41) is 10.1. The summed E-state index contributed by atoms with van der Waals surface area (Å²) >= 11 is 0. The van der Waals surface area contributed by atoms with E-state index in [2.05, 4.69) is 70.5 Å². The first-order valence-electron chi connectivity index (χ1n) is 12.5. The molecule has 4 rings (SSSR count). The maximum Gasteiger partial charge on any atom is 0.122 e. The van der Waals surface area contributed by atoms with E-state index in [0.717, 1.165) is 68.0 Å². The Kier molecular flexibility index (Phi) is 12.1. The Morgan fingerprint density at radius 2 is 1.33 bits per heavy atom. The highest BCUT2D eigenvalue weighted by Crippen LogP contribution is 2.32. The van der Waals surface area contributed by atoms with Crippen LogP contribution in [0.25, 0.3) is 0 Å². The van der Waals surface area contributed by atoms with Gasteiger partial charge in [-0.1, -0.05) is 60.7 Å². The van der Waals surface area contributed by atoms with Crippen molar-refractivity contribution in [3.05, 3.63) is 94.5 Å². The van der Waals surface area contributed by atoms with E-state index in [0.29, 0.717) is 18.4 Å². The Labute approximate surface area is 229 Å². The van der Waals surface area contributed by atoms with E-state index in [-0.39, 0.29) is 24.8 Å². The van der Waals surface area contributed by atoms with Crippen molar-refractivity contribution in [3.8, 4) is 11.5 Å². The molecule has 0 radical (unpaired) electrons. The highest BCUT2D eigenvalue weighted by atomic mass is 35.5. The lowest BCUT2D eigenvalue weighted by Gasteiger charge is -2.39. The van der Waals surface area contributed by atoms with E-state index in [4.69, 9.17) is 4.74 Å². The van der Waals surface area contributed by atoms with Crippen LogP contribution in [0.15, 0.2) is 66.7 Å². The third kappa shape index (κ3) is 7.39. The molecule has 0 atom stereocenters. The zero-order valence-corrected chi connectivity index (χ0v) is 23.3. The molecule has 6 heteroatoms. The molecule has 0 amide bonds. The Hall–Kier alpha value is -2.24. The zero-order chi connectivity index (χ0) is 23.9. The molecular weight excluding hydrogens is 491 g/mol. The summed E-state index contributed by atoms with van der Waals surface area (Å²) in [5.74, 6) is 1.28. The van der Waals surface area contributed by atoms with Crippen LogP contribution < -0.4 is 4.74 Å². The first-order valence-corrected chi connectivity index (χ1v) is 12.5. The fourth-order valence-electron chi connectivity index (χ4n) is 4.93. The fourth-order valence-corrected chi connectivity index (χ4v) is 4.93. The van der Waals surface area contributed by atoms with Gasteiger partial charge in [-0.15, -0.1) is 24.8 Å². The molecule has 0 aliphatic carbocycles. The second-order valence-corrected chi connectivity index (χ2v) is 9.45. The molecule has 1 fully saturated rings. The van der Waals surface area contributed by atoms with Crippen LogP contribution in [0.5, 0.6) is 11.5 Å². The van der Waals surface area contributed by atoms with E-state index < -0.39 is 0 Å². The van der Waals surface area contributed by atoms with Gasteiger partial charge in [-0.05, 0) is 74.0 Å². The van der Waals surface area contributed by atoms with Gasteiger partial charge >= 0.3 is 0 Å². The summed E-state index contributed by atoms with van der Waals surface area (Å²) < 4.78 is 6.05. The van der Waals surface area contributed by atoms with Crippen molar-refractivity contribution in [1.29, 1.82) is 0 Å². The van der Waals surface area contributed by atoms with Crippen molar-refractivity contribution >= 4 is 24.8 Å². The van der Waals surface area contributed by atoms with Crippen LogP contribution in [-0.4, -0.2) is 54.2 Å². The monoisotopic (exact) mass is 530 g/mol. The summed E-state index contributed by atoms with van der Waals surface area (Å²) in [7, 11) is 0. The van der Waals surface area contributed by atoms with Crippen LogP contribution in [-0.2, 0) is 0 Å². The summed E-state index contributed by atoms with van der Waals surface area (Å²) in [6.45, 7) is 12.1. The largest absolute Gasteiger partial charge is 0.507 e. The molecule has 0 aromatic heterocycles. The normalized spacial score (nSPS) is 14.2. The van der Waals surface area contributed by atoms with E-state index in [1.54, 1.807) is 0 Å². The predicted molar refractivity (Wildman–Crippen MR) is 154 cm³/mol. The summed E-state index contributed by atoms with van der Waals surface area (Å²) in [6.07, 6.45) is 2.17. The van der Waals surface area contributed by atoms with Crippen LogP contribution in [0, 0.1) is 20.8 Å². The molecule has 1 aliphatic heterocycles. The average Bonchev–Trinajstić information content (AvgIpc) is 2.88. The van der Waals surface area contributed by atoms with E-state index in [1.807, 2.05) is 26.8 Å². The SMILES string of the molecule is Cc1cc(OCCCCN2CCN(C(c3ccccc3)c3ccccc3)CC2)c(C)c(C)c1O.Cl.Cl. The highest BCUT2D eigenvalue weighted by molar-refractivity contribution is 5.85. The van der Waals surface area contributed by atoms with Gasteiger partial charge in [0.15, 0.2) is 0 Å². The molecule has 0 unspecified atom stereocenters. The summed E-state index contributed by atoms with van der Waals surface area (Å²) in [4.78, 5) is 5.21. The number of halogens is 2. The molecule has 36 heavy (non-hydrogen) atoms. The van der Waals surface area contributed by atoms with E-state index in [1.165, 1.54) is 11.1 Å². The molecule has 0 spiro atoms. The minimum absolute atomic E-state index is 0. The van der Waals surface area contributed by atoms with Gasteiger partial charge in [-0.3, -0.25) is 4.90 Å². The molecular formula is C30H40Cl2N2O2. The Morgan fingerprint density at radius 3 is 1.89 bits per heavy atom. The van der Waals surface area contributed by atoms with Gasteiger partial charge in [0.2, 0.25) is 0 Å². The average molecular weight is 532 g/mol. The van der Waals surface area contributed by atoms with Gasteiger partial charge in [-0.25, -0.2) is 0 Å². The number of ether oxygens (including phenoxy) is 1. The van der Waals surface area contributed by atoms with Gasteiger partial charge in [0.25, 0.3) is 0 Å². The minimum Gasteiger partial charge on any atom is -0.507 e. The lowest BCUT2D eigenvalue weighted by Crippen LogP contribution is -2.48. The van der Waals surface area contributed by atoms with Gasteiger partial charge in [0, 0.05) is 26.2 Å². The summed E-state index contributed by atoms with van der Waals surface area (Å²) in [5.41, 5.74) is 5.56. The third-order valence-electron chi connectivity index (χ3n) is 7.14. The van der Waals surface area contributed by atoms with Crippen LogP contribution >= 0.6 is 24.8 Å². The molecule has 0 saturated carbocycles. The van der Waals surface area contributed by atoms with Gasteiger partial charge < -0.3 is 14.7 Å². The van der Waals surface area contributed by atoms with E-state index in [9.17, 15) is 5.11 Å². The minimum atomic E-state index is 0. The molecule has 4 nitrogen and oxygen atoms in total. The van der Waals surface area contributed by atoms with Crippen molar-refractivity contribution < 1.29 is 9.84 Å². The smallest absolute Gasteiger partial charge is 0.122 e. The van der Waals surface area contributed by atoms with Crippen LogP contribution in [0.4, 0.5) is 0 Å². The third-order valence-corrected chi connectivity index (χ3v) is 7.14. The van der Waals surface area contributed by atoms with Crippen LogP contribution in [0.3, 0.4) is 0 Å². The molecule has 1 saturated heterocycles. The van der Waals surface area contributed by atoms with Gasteiger partial charge in [0.05, 0.1) is 12.6 Å². The van der Waals surface area contributed by atoms with Crippen molar-refractivity contribution in [2.75, 3.05) is 39.3 Å². The number of unbranched alkanes of at least 4 members (excludes halogenated alkanes) is 1. The number of piperazine rings is 1. The molecule has 196 valence electrons. The Balaban J connectivity index is 0.00000228. The number of hydrogen-bond donors (Lipinski definition) is 1. The number of aryl methyl sites for hydroxylation is 1. The first-order chi connectivity index (χ1) is 16.5. The predicted octanol–water partition coefficient (Wildman–Crippen LogP) is 6.73. The topological polar surface area (TPSA) is 35.9 Å². The lowest BCUT2D eigenvalue weighted by molar-refractivity contribution is 0.107. The van der Waals surface area contributed by atoms with Crippen molar-refractivity contribution in [1.82, 2.24) is 9.80 Å². The van der Waals surface area contributed by atoms with Crippen molar-refractivity contribution in [2.24, 2.45) is 0 Å². The molecule has 0 bridgehead atoms. The number of benzene rings is 3. The number of phenols is 1. The maximum absolute atomic E-state index is 10.1. The molecule has 3 aromatic carbocycles. The molecule has 1 aliphatic rings. The van der Waals surface area contributed by atoms with Crippen LogP contribution in [0.1, 0.15) is 46.7 Å². The maximum atomic E-state index is 10.1. The number of aromatic hydroxyl groups is 1. The second-order valence-electron chi connectivity index (χ2n) is 9.45. The summed E-state index contributed by atoms with van der Waals surface area (Å²) in [6, 6.07) is 24.1.